The Bertz CT molecular complexity index is 394. The second-order valence-electron chi connectivity index (χ2n) is 4.83. The number of halogens is 1. The minimum atomic E-state index is 0. The van der Waals surface area contributed by atoms with Crippen LogP contribution in [0.1, 0.15) is 41.6 Å². The molecule has 0 saturated heterocycles. The molecule has 1 heterocycles. The van der Waals surface area contributed by atoms with E-state index >= 15 is 0 Å². The third kappa shape index (κ3) is 3.46. The number of hydrogen-bond donors (Lipinski definition) is 2. The summed E-state index contributed by atoms with van der Waals surface area (Å²) in [7, 11) is 0. The lowest BCUT2D eigenvalue weighted by Crippen LogP contribution is -2.44. The van der Waals surface area contributed by atoms with Gasteiger partial charge in [0.2, 0.25) is 0 Å². The highest BCUT2D eigenvalue weighted by Crippen LogP contribution is 2.24. The monoisotopic (exact) mass is 288 g/mol. The van der Waals surface area contributed by atoms with Crippen LogP contribution in [0.15, 0.2) is 10.8 Å². The van der Waals surface area contributed by atoms with E-state index < -0.39 is 0 Å². The summed E-state index contributed by atoms with van der Waals surface area (Å²) in [6.45, 7) is 2.65. The molecule has 1 aromatic heterocycles. The molecule has 1 fully saturated rings. The maximum Gasteiger partial charge on any atom is 0.252 e. The highest BCUT2D eigenvalue weighted by Gasteiger charge is 2.26. The molecular formula is C13H21ClN2OS. The Morgan fingerprint density at radius 1 is 1.44 bits per heavy atom. The number of nitrogens with one attached hydrogen (secondary N) is 1. The molecule has 102 valence electrons. The topological polar surface area (TPSA) is 55.1 Å². The van der Waals surface area contributed by atoms with Gasteiger partial charge in [0.25, 0.3) is 5.91 Å². The molecule has 2 unspecified atom stereocenters. The predicted molar refractivity (Wildman–Crippen MR) is 78.6 cm³/mol. The molecule has 0 spiro atoms. The van der Waals surface area contributed by atoms with Gasteiger partial charge in [-0.15, -0.1) is 12.4 Å². The summed E-state index contributed by atoms with van der Waals surface area (Å²) in [6.07, 6.45) is 4.65. The second-order valence-corrected chi connectivity index (χ2v) is 5.57. The summed E-state index contributed by atoms with van der Waals surface area (Å²) >= 11 is 1.58. The van der Waals surface area contributed by atoms with Crippen molar-refractivity contribution >= 4 is 29.7 Å². The van der Waals surface area contributed by atoms with Crippen LogP contribution in [0.2, 0.25) is 0 Å². The Balaban J connectivity index is 0.00000162. The normalized spacial score (nSPS) is 23.2. The van der Waals surface area contributed by atoms with Crippen molar-refractivity contribution in [2.75, 3.05) is 6.54 Å². The molecule has 0 aromatic carbocycles. The van der Waals surface area contributed by atoms with Gasteiger partial charge in [0, 0.05) is 11.4 Å². The van der Waals surface area contributed by atoms with Crippen LogP contribution < -0.4 is 11.1 Å². The fourth-order valence-electron chi connectivity index (χ4n) is 2.52. The van der Waals surface area contributed by atoms with Crippen molar-refractivity contribution < 1.29 is 4.79 Å². The first kappa shape index (κ1) is 15.5. The molecule has 18 heavy (non-hydrogen) atoms. The molecule has 0 radical (unpaired) electrons. The zero-order chi connectivity index (χ0) is 12.3. The fourth-order valence-corrected chi connectivity index (χ4v) is 3.35. The molecule has 5 heteroatoms. The molecule has 1 aliphatic carbocycles. The average molecular weight is 289 g/mol. The van der Waals surface area contributed by atoms with Gasteiger partial charge < -0.3 is 11.1 Å². The molecule has 3 nitrogen and oxygen atoms in total. The third-order valence-electron chi connectivity index (χ3n) is 3.63. The Morgan fingerprint density at radius 3 is 2.78 bits per heavy atom. The zero-order valence-corrected chi connectivity index (χ0v) is 12.3. The number of carbonyl (C=O) groups excluding carboxylic acids is 1. The SMILES string of the molecule is Cc1cscc1C(=O)NC1CCCCC1CN.Cl. The highest BCUT2D eigenvalue weighted by atomic mass is 35.5. The summed E-state index contributed by atoms with van der Waals surface area (Å²) in [5, 5.41) is 7.08. The maximum atomic E-state index is 12.1. The first-order chi connectivity index (χ1) is 8.22. The summed E-state index contributed by atoms with van der Waals surface area (Å²) in [6, 6.07) is 0.264. The molecule has 2 atom stereocenters. The quantitative estimate of drug-likeness (QED) is 0.898. The molecule has 1 aromatic rings. The van der Waals surface area contributed by atoms with Gasteiger partial charge in [-0.1, -0.05) is 12.8 Å². The largest absolute Gasteiger partial charge is 0.349 e. The van der Waals surface area contributed by atoms with E-state index in [0.717, 1.165) is 24.0 Å². The number of hydrogen-bond acceptors (Lipinski definition) is 3. The summed E-state index contributed by atoms with van der Waals surface area (Å²) in [4.78, 5) is 12.1. The van der Waals surface area contributed by atoms with E-state index in [1.807, 2.05) is 17.7 Å². The van der Waals surface area contributed by atoms with Gasteiger partial charge >= 0.3 is 0 Å². The molecule has 3 N–H and O–H groups in total. The molecule has 2 rings (SSSR count). The van der Waals surface area contributed by atoms with E-state index in [1.165, 1.54) is 12.8 Å². The van der Waals surface area contributed by atoms with Gasteiger partial charge in [-0.05, 0) is 43.2 Å². The van der Waals surface area contributed by atoms with Gasteiger partial charge in [-0.25, -0.2) is 0 Å². The van der Waals surface area contributed by atoms with E-state index in [9.17, 15) is 4.79 Å². The van der Waals surface area contributed by atoms with E-state index in [0.29, 0.717) is 12.5 Å². The molecule has 1 saturated carbocycles. The minimum absolute atomic E-state index is 0. The number of nitrogens with two attached hydrogens (primary N) is 1. The second kappa shape index (κ2) is 7.12. The van der Waals surface area contributed by atoms with Gasteiger partial charge in [0.1, 0.15) is 0 Å². The molecule has 0 bridgehead atoms. The van der Waals surface area contributed by atoms with Crippen molar-refractivity contribution in [1.29, 1.82) is 0 Å². The number of rotatable bonds is 3. The summed E-state index contributed by atoms with van der Waals surface area (Å²) in [5.41, 5.74) is 7.65. The third-order valence-corrected chi connectivity index (χ3v) is 4.49. The average Bonchev–Trinajstić information content (AvgIpc) is 2.76. The Morgan fingerprint density at radius 2 is 2.17 bits per heavy atom. The van der Waals surface area contributed by atoms with E-state index in [2.05, 4.69) is 5.32 Å². The van der Waals surface area contributed by atoms with Crippen LogP contribution in [0.25, 0.3) is 0 Å². The van der Waals surface area contributed by atoms with Crippen molar-refractivity contribution in [3.05, 3.63) is 21.9 Å². The Kier molecular flexibility index (Phi) is 6.12. The number of aryl methyl sites for hydroxylation is 1. The van der Waals surface area contributed by atoms with E-state index in [-0.39, 0.29) is 24.4 Å². The van der Waals surface area contributed by atoms with Gasteiger partial charge in [-0.2, -0.15) is 11.3 Å². The highest BCUT2D eigenvalue weighted by molar-refractivity contribution is 7.08. The number of thiophene rings is 1. The van der Waals surface area contributed by atoms with Crippen LogP contribution in [0.4, 0.5) is 0 Å². The van der Waals surface area contributed by atoms with Crippen molar-refractivity contribution in [3.8, 4) is 0 Å². The summed E-state index contributed by atoms with van der Waals surface area (Å²) < 4.78 is 0. The number of carbonyl (C=O) groups is 1. The molecule has 0 aliphatic heterocycles. The van der Waals surface area contributed by atoms with Crippen molar-refractivity contribution in [2.24, 2.45) is 11.7 Å². The Hall–Kier alpha value is -0.580. The first-order valence-corrected chi connectivity index (χ1v) is 7.20. The van der Waals surface area contributed by atoms with Crippen LogP contribution in [0.5, 0.6) is 0 Å². The van der Waals surface area contributed by atoms with Crippen LogP contribution in [-0.2, 0) is 0 Å². The van der Waals surface area contributed by atoms with Crippen molar-refractivity contribution in [1.82, 2.24) is 5.32 Å². The van der Waals surface area contributed by atoms with Crippen LogP contribution in [-0.4, -0.2) is 18.5 Å². The van der Waals surface area contributed by atoms with Crippen molar-refractivity contribution in [2.45, 2.75) is 38.6 Å². The van der Waals surface area contributed by atoms with E-state index in [4.69, 9.17) is 5.73 Å². The lowest BCUT2D eigenvalue weighted by atomic mass is 9.84. The summed E-state index contributed by atoms with van der Waals surface area (Å²) in [5.74, 6) is 0.515. The lowest BCUT2D eigenvalue weighted by Gasteiger charge is -2.31. The van der Waals surface area contributed by atoms with Crippen LogP contribution in [0, 0.1) is 12.8 Å². The lowest BCUT2D eigenvalue weighted by molar-refractivity contribution is 0.0908. The molecule has 1 amide bonds. The zero-order valence-electron chi connectivity index (χ0n) is 10.6. The Labute approximate surface area is 119 Å². The van der Waals surface area contributed by atoms with E-state index in [1.54, 1.807) is 11.3 Å². The van der Waals surface area contributed by atoms with Crippen LogP contribution >= 0.6 is 23.7 Å². The minimum Gasteiger partial charge on any atom is -0.349 e. The first-order valence-electron chi connectivity index (χ1n) is 6.26. The van der Waals surface area contributed by atoms with Gasteiger partial charge in [0.05, 0.1) is 5.56 Å². The smallest absolute Gasteiger partial charge is 0.252 e. The number of amides is 1. The van der Waals surface area contributed by atoms with Gasteiger partial charge in [-0.3, -0.25) is 4.79 Å². The standard InChI is InChI=1S/C13H20N2OS.ClH/c1-9-7-17-8-11(9)13(16)15-12-5-3-2-4-10(12)6-14;/h7-8,10,12H,2-6,14H2,1H3,(H,15,16);1H. The van der Waals surface area contributed by atoms with Gasteiger partial charge in [0.15, 0.2) is 0 Å². The fraction of sp³-hybridized carbons (Fsp3) is 0.615. The maximum absolute atomic E-state index is 12.1. The van der Waals surface area contributed by atoms with Crippen LogP contribution in [0.3, 0.4) is 0 Å². The van der Waals surface area contributed by atoms with Crippen molar-refractivity contribution in [3.63, 3.8) is 0 Å². The molecular weight excluding hydrogens is 268 g/mol. The predicted octanol–water partition coefficient (Wildman–Crippen LogP) is 2.73. The molecule has 1 aliphatic rings.